The van der Waals surface area contributed by atoms with Gasteiger partial charge in [-0.25, -0.2) is 4.79 Å². The molecule has 1 rings (SSSR count). The van der Waals surface area contributed by atoms with Crippen LogP contribution in [-0.4, -0.2) is 17.4 Å². The van der Waals surface area contributed by atoms with Gasteiger partial charge in [-0.05, 0) is 6.92 Å². The molecule has 1 aliphatic rings. The van der Waals surface area contributed by atoms with Crippen molar-refractivity contribution in [1.82, 2.24) is 10.6 Å². The number of rotatable bonds is 0. The topological polar surface area (TPSA) is 61.4 Å². The van der Waals surface area contributed by atoms with Gasteiger partial charge >= 0.3 is 6.03 Å². The molecule has 2 amide bonds. The van der Waals surface area contributed by atoms with Gasteiger partial charge < -0.3 is 15.7 Å². The molecular weight excluding hydrogens is 120 g/mol. The summed E-state index contributed by atoms with van der Waals surface area (Å²) in [6, 6.07) is -0.351. The van der Waals surface area contributed by atoms with Crippen LogP contribution in [0.2, 0.25) is 0 Å². The minimum Gasteiger partial charge on any atom is -0.368 e. The molecule has 0 bridgehead atoms. The molecule has 1 atom stereocenters. The Bertz CT molecular complexity index is 164. The highest BCUT2D eigenvalue weighted by atomic mass is 16.3. The maximum Gasteiger partial charge on any atom is 0.321 e. The Morgan fingerprint density at radius 3 is 2.67 bits per heavy atom. The first-order valence-corrected chi connectivity index (χ1v) is 2.66. The molecule has 0 saturated carbocycles. The van der Waals surface area contributed by atoms with Crippen molar-refractivity contribution in [3.8, 4) is 0 Å². The molecule has 1 aliphatic heterocycles. The highest BCUT2D eigenvalue weighted by Crippen LogP contribution is 2.00. The van der Waals surface area contributed by atoms with E-state index in [1.165, 1.54) is 0 Å². The van der Waals surface area contributed by atoms with Gasteiger partial charge in [0.15, 0.2) is 6.23 Å². The molecule has 0 aromatic heterocycles. The summed E-state index contributed by atoms with van der Waals surface area (Å²) in [5, 5.41) is 13.6. The lowest BCUT2D eigenvalue weighted by molar-refractivity contribution is 0.191. The molecule has 4 heteroatoms. The lowest BCUT2D eigenvalue weighted by Gasteiger charge is -1.98. The van der Waals surface area contributed by atoms with E-state index in [2.05, 4.69) is 10.6 Å². The van der Waals surface area contributed by atoms with E-state index in [1.54, 1.807) is 13.0 Å². The summed E-state index contributed by atoms with van der Waals surface area (Å²) in [6.07, 6.45) is 0.797. The Morgan fingerprint density at radius 2 is 2.44 bits per heavy atom. The molecule has 0 radical (unpaired) electrons. The Kier molecular flexibility index (Phi) is 1.40. The zero-order valence-electron chi connectivity index (χ0n) is 5.01. The Balaban J connectivity index is 2.69. The minimum absolute atomic E-state index is 0.351. The number of nitrogens with one attached hydrogen (secondary N) is 2. The van der Waals surface area contributed by atoms with Crippen LogP contribution in [0.15, 0.2) is 11.8 Å². The average molecular weight is 128 g/mol. The van der Waals surface area contributed by atoms with Crippen LogP contribution in [0.5, 0.6) is 0 Å². The molecule has 1 fully saturated rings. The molecule has 3 N–H and O–H groups in total. The first kappa shape index (κ1) is 6.10. The van der Waals surface area contributed by atoms with Crippen LogP contribution in [0.3, 0.4) is 0 Å². The number of amides is 2. The predicted molar refractivity (Wildman–Crippen MR) is 31.4 cm³/mol. The van der Waals surface area contributed by atoms with E-state index in [9.17, 15) is 4.79 Å². The zero-order chi connectivity index (χ0) is 6.85. The van der Waals surface area contributed by atoms with Gasteiger partial charge in [0.1, 0.15) is 0 Å². The summed E-state index contributed by atoms with van der Waals surface area (Å²) in [4.78, 5) is 10.4. The molecule has 1 heterocycles. The van der Waals surface area contributed by atoms with Crippen LogP contribution >= 0.6 is 0 Å². The number of aliphatic hydroxyl groups excluding tert-OH is 1. The lowest BCUT2D eigenvalue weighted by atomic mass is 10.4. The highest BCUT2D eigenvalue weighted by molar-refractivity contribution is 5.79. The highest BCUT2D eigenvalue weighted by Gasteiger charge is 2.21. The Hall–Kier alpha value is -1.03. The molecule has 1 unspecified atom stereocenters. The summed E-state index contributed by atoms with van der Waals surface area (Å²) in [5.74, 6) is 0. The summed E-state index contributed by atoms with van der Waals surface area (Å²) in [6.45, 7) is 1.74. The quantitative estimate of drug-likeness (QED) is 0.412. The Morgan fingerprint density at radius 1 is 1.78 bits per heavy atom. The molecule has 0 spiro atoms. The van der Waals surface area contributed by atoms with Crippen molar-refractivity contribution >= 4 is 6.03 Å². The second-order valence-electron chi connectivity index (χ2n) is 1.75. The van der Waals surface area contributed by atoms with Crippen LogP contribution in [0.1, 0.15) is 6.92 Å². The molecule has 4 nitrogen and oxygen atoms in total. The SMILES string of the molecule is C/C=C1/NC(=O)NC1O. The van der Waals surface area contributed by atoms with Crippen molar-refractivity contribution in [3.63, 3.8) is 0 Å². The fourth-order valence-corrected chi connectivity index (χ4v) is 0.668. The van der Waals surface area contributed by atoms with Crippen LogP contribution in [-0.2, 0) is 0 Å². The number of aliphatic hydroxyl groups is 1. The van der Waals surface area contributed by atoms with Gasteiger partial charge in [0.2, 0.25) is 0 Å². The molecule has 0 aromatic carbocycles. The van der Waals surface area contributed by atoms with Crippen molar-refractivity contribution in [2.75, 3.05) is 0 Å². The van der Waals surface area contributed by atoms with E-state index in [0.29, 0.717) is 5.70 Å². The lowest BCUT2D eigenvalue weighted by Crippen LogP contribution is -2.25. The third-order valence-corrected chi connectivity index (χ3v) is 1.13. The number of carbonyl (C=O) groups excluding carboxylic acids is 1. The zero-order valence-corrected chi connectivity index (χ0v) is 5.01. The second kappa shape index (κ2) is 2.06. The van der Waals surface area contributed by atoms with Gasteiger partial charge in [-0.2, -0.15) is 0 Å². The summed E-state index contributed by atoms with van der Waals surface area (Å²) in [7, 11) is 0. The molecule has 0 aromatic rings. The predicted octanol–water partition coefficient (Wildman–Crippen LogP) is -0.479. The van der Waals surface area contributed by atoms with E-state index >= 15 is 0 Å². The minimum atomic E-state index is -0.845. The largest absolute Gasteiger partial charge is 0.368 e. The van der Waals surface area contributed by atoms with E-state index in [0.717, 1.165) is 0 Å². The standard InChI is InChI=1S/C5H8N2O2/c1-2-3-4(8)7-5(9)6-3/h2,4,8H,1H3,(H2,6,7,9)/b3-2+. The maximum absolute atomic E-state index is 10.4. The van der Waals surface area contributed by atoms with E-state index in [4.69, 9.17) is 5.11 Å². The van der Waals surface area contributed by atoms with Gasteiger partial charge in [-0.15, -0.1) is 0 Å². The first-order chi connectivity index (χ1) is 4.24. The van der Waals surface area contributed by atoms with E-state index < -0.39 is 6.23 Å². The molecular formula is C5H8N2O2. The summed E-state index contributed by atoms with van der Waals surface area (Å²) < 4.78 is 0. The smallest absolute Gasteiger partial charge is 0.321 e. The molecule has 9 heavy (non-hydrogen) atoms. The second-order valence-corrected chi connectivity index (χ2v) is 1.75. The van der Waals surface area contributed by atoms with Crippen LogP contribution in [0.25, 0.3) is 0 Å². The van der Waals surface area contributed by atoms with Crippen molar-refractivity contribution in [2.45, 2.75) is 13.2 Å². The van der Waals surface area contributed by atoms with Crippen LogP contribution in [0.4, 0.5) is 4.79 Å². The third kappa shape index (κ3) is 1.02. The normalized spacial score (nSPS) is 30.2. The molecule has 0 aliphatic carbocycles. The number of allylic oxidation sites excluding steroid dienone is 1. The number of carbonyl (C=O) groups is 1. The van der Waals surface area contributed by atoms with Crippen molar-refractivity contribution < 1.29 is 9.90 Å². The first-order valence-electron chi connectivity index (χ1n) is 2.66. The molecule has 1 saturated heterocycles. The molecule has 50 valence electrons. The maximum atomic E-state index is 10.4. The average Bonchev–Trinajstić information content (AvgIpc) is 2.10. The van der Waals surface area contributed by atoms with Crippen LogP contribution < -0.4 is 10.6 Å². The van der Waals surface area contributed by atoms with Crippen molar-refractivity contribution in [1.29, 1.82) is 0 Å². The summed E-state index contributed by atoms with van der Waals surface area (Å²) in [5.41, 5.74) is 0.514. The van der Waals surface area contributed by atoms with Crippen LogP contribution in [0, 0.1) is 0 Å². The Labute approximate surface area is 52.6 Å². The van der Waals surface area contributed by atoms with Gasteiger partial charge in [-0.1, -0.05) is 6.08 Å². The van der Waals surface area contributed by atoms with Gasteiger partial charge in [0.25, 0.3) is 0 Å². The van der Waals surface area contributed by atoms with Gasteiger partial charge in [0, 0.05) is 0 Å². The monoisotopic (exact) mass is 128 g/mol. The fourth-order valence-electron chi connectivity index (χ4n) is 0.668. The van der Waals surface area contributed by atoms with Gasteiger partial charge in [0.05, 0.1) is 5.70 Å². The summed E-state index contributed by atoms with van der Waals surface area (Å²) >= 11 is 0. The number of hydrogen-bond acceptors (Lipinski definition) is 2. The fraction of sp³-hybridized carbons (Fsp3) is 0.400. The number of urea groups is 1. The number of hydrogen-bond donors (Lipinski definition) is 3. The van der Waals surface area contributed by atoms with Crippen molar-refractivity contribution in [2.24, 2.45) is 0 Å². The van der Waals surface area contributed by atoms with E-state index in [-0.39, 0.29) is 6.03 Å². The third-order valence-electron chi connectivity index (χ3n) is 1.13. The van der Waals surface area contributed by atoms with Crippen molar-refractivity contribution in [3.05, 3.63) is 11.8 Å². The van der Waals surface area contributed by atoms with E-state index in [1.807, 2.05) is 0 Å². The van der Waals surface area contributed by atoms with Gasteiger partial charge in [-0.3, -0.25) is 0 Å².